The monoisotopic (exact) mass is 421 g/mol. The van der Waals surface area contributed by atoms with E-state index in [0.717, 1.165) is 5.56 Å². The van der Waals surface area contributed by atoms with Crippen LogP contribution in [0.4, 0.5) is 0 Å². The van der Waals surface area contributed by atoms with E-state index in [1.165, 1.54) is 0 Å². The van der Waals surface area contributed by atoms with E-state index in [9.17, 15) is 4.79 Å². The van der Waals surface area contributed by atoms with Crippen molar-refractivity contribution in [3.8, 4) is 17.2 Å². The van der Waals surface area contributed by atoms with Gasteiger partial charge >= 0.3 is 0 Å². The third kappa shape index (κ3) is 6.02. The lowest BCUT2D eigenvalue weighted by atomic mass is 10.1. The van der Waals surface area contributed by atoms with Gasteiger partial charge in [-0.15, -0.1) is 0 Å². The van der Waals surface area contributed by atoms with Gasteiger partial charge in [0.05, 0.1) is 19.8 Å². The molecule has 2 aromatic rings. The zero-order chi connectivity index (χ0) is 21.2. The fourth-order valence-electron chi connectivity index (χ4n) is 2.86. The van der Waals surface area contributed by atoms with Crippen LogP contribution in [0.2, 0.25) is 5.02 Å². The normalized spacial score (nSPS) is 11.6. The first kappa shape index (κ1) is 22.8. The molecule has 2 aromatic carbocycles. The molecule has 2 rings (SSSR count). The highest BCUT2D eigenvalue weighted by Crippen LogP contribution is 2.39. The van der Waals surface area contributed by atoms with Gasteiger partial charge in [-0.25, -0.2) is 0 Å². The number of hydrogen-bond donors (Lipinski definition) is 1. The summed E-state index contributed by atoms with van der Waals surface area (Å²) in [4.78, 5) is 12.8. The Bertz CT molecular complexity index is 785. The first-order valence-electron chi connectivity index (χ1n) is 9.67. The van der Waals surface area contributed by atoms with E-state index in [2.05, 4.69) is 5.32 Å². The van der Waals surface area contributed by atoms with Gasteiger partial charge in [-0.2, -0.15) is 0 Å². The second-order valence-electron chi connectivity index (χ2n) is 6.06. The first-order chi connectivity index (χ1) is 14.0. The number of carbonyl (C=O) groups is 1. The summed E-state index contributed by atoms with van der Waals surface area (Å²) in [5, 5.41) is 3.48. The van der Waals surface area contributed by atoms with E-state index >= 15 is 0 Å². The average molecular weight is 422 g/mol. The summed E-state index contributed by atoms with van der Waals surface area (Å²) in [6.45, 7) is 7.22. The number of carbonyl (C=O) groups excluding carboxylic acids is 1. The second-order valence-corrected chi connectivity index (χ2v) is 6.46. The van der Waals surface area contributed by atoms with E-state index in [1.807, 2.05) is 39.0 Å². The number of hydrogen-bond acceptors (Lipinski definition) is 5. The minimum Gasteiger partial charge on any atom is -0.490 e. The fourth-order valence-corrected chi connectivity index (χ4v) is 3.12. The highest BCUT2D eigenvalue weighted by molar-refractivity contribution is 6.31. The van der Waals surface area contributed by atoms with Gasteiger partial charge < -0.3 is 24.3 Å². The van der Waals surface area contributed by atoms with Crippen LogP contribution < -0.4 is 19.5 Å². The molecule has 1 amide bonds. The summed E-state index contributed by atoms with van der Waals surface area (Å²) >= 11 is 6.25. The van der Waals surface area contributed by atoms with Crippen LogP contribution in [0, 0.1) is 0 Å². The Labute approximate surface area is 177 Å². The number of nitrogens with one attached hydrogen (secondary N) is 1. The molecule has 0 heterocycles. The predicted octanol–water partition coefficient (Wildman–Crippen LogP) is 4.65. The van der Waals surface area contributed by atoms with E-state index in [1.54, 1.807) is 25.3 Å². The van der Waals surface area contributed by atoms with Crippen LogP contribution in [0.15, 0.2) is 36.4 Å². The molecule has 1 N–H and O–H groups in total. The second kappa shape index (κ2) is 11.5. The van der Waals surface area contributed by atoms with E-state index in [0.29, 0.717) is 47.7 Å². The van der Waals surface area contributed by atoms with Crippen LogP contribution in [-0.2, 0) is 4.74 Å². The molecule has 0 saturated heterocycles. The first-order valence-corrected chi connectivity index (χ1v) is 10.0. The summed E-state index contributed by atoms with van der Waals surface area (Å²) in [7, 11) is 1.58. The molecule has 0 aliphatic heterocycles. The minimum absolute atomic E-state index is 0.264. The van der Waals surface area contributed by atoms with Crippen molar-refractivity contribution in [1.82, 2.24) is 5.32 Å². The molecule has 0 aromatic heterocycles. The van der Waals surface area contributed by atoms with Crippen molar-refractivity contribution in [3.63, 3.8) is 0 Å². The summed E-state index contributed by atoms with van der Waals surface area (Å²) in [5.41, 5.74) is 1.23. The standard InChI is InChI=1S/C22H28ClNO5/c1-5-27-18-12-15(13-19(28-6-2)21(18)29-7-3)22(25)24-14-20(26-4)16-10-8-9-11-17(16)23/h8-13,20H,5-7,14H2,1-4H3,(H,24,25). The molecular weight excluding hydrogens is 394 g/mol. The number of halogens is 1. The van der Waals surface area contributed by atoms with Gasteiger partial charge in [0, 0.05) is 29.8 Å². The fraction of sp³-hybridized carbons (Fsp3) is 0.409. The van der Waals surface area contributed by atoms with Crippen molar-refractivity contribution in [1.29, 1.82) is 0 Å². The Kier molecular flexibility index (Phi) is 9.09. The van der Waals surface area contributed by atoms with Gasteiger partial charge in [0.2, 0.25) is 5.75 Å². The molecule has 0 bridgehead atoms. The van der Waals surface area contributed by atoms with Crippen LogP contribution in [0.25, 0.3) is 0 Å². The Morgan fingerprint density at radius 2 is 1.59 bits per heavy atom. The molecule has 1 atom stereocenters. The topological polar surface area (TPSA) is 66.0 Å². The van der Waals surface area contributed by atoms with E-state index in [4.69, 9.17) is 30.5 Å². The van der Waals surface area contributed by atoms with Crippen molar-refractivity contribution in [3.05, 3.63) is 52.5 Å². The van der Waals surface area contributed by atoms with Gasteiger partial charge in [-0.3, -0.25) is 4.79 Å². The number of ether oxygens (including phenoxy) is 4. The quantitative estimate of drug-likeness (QED) is 0.571. The van der Waals surface area contributed by atoms with Crippen molar-refractivity contribution >= 4 is 17.5 Å². The maximum Gasteiger partial charge on any atom is 0.251 e. The molecule has 0 radical (unpaired) electrons. The smallest absolute Gasteiger partial charge is 0.251 e. The van der Waals surface area contributed by atoms with Crippen LogP contribution >= 0.6 is 11.6 Å². The zero-order valence-corrected chi connectivity index (χ0v) is 18.0. The number of benzene rings is 2. The van der Waals surface area contributed by atoms with Gasteiger partial charge in [-0.1, -0.05) is 29.8 Å². The molecule has 6 nitrogen and oxygen atoms in total. The predicted molar refractivity (Wildman–Crippen MR) is 113 cm³/mol. The minimum atomic E-state index is -0.368. The lowest BCUT2D eigenvalue weighted by molar-refractivity contribution is 0.0827. The number of amides is 1. The summed E-state index contributed by atoms with van der Waals surface area (Å²) in [5.74, 6) is 1.17. The third-order valence-electron chi connectivity index (χ3n) is 4.16. The van der Waals surface area contributed by atoms with Crippen molar-refractivity contribution in [2.75, 3.05) is 33.5 Å². The summed E-state index contributed by atoms with van der Waals surface area (Å²) in [6.07, 6.45) is -0.368. The Morgan fingerprint density at radius 3 is 2.10 bits per heavy atom. The Hall–Kier alpha value is -2.44. The lowest BCUT2D eigenvalue weighted by Gasteiger charge is -2.19. The van der Waals surface area contributed by atoms with Crippen molar-refractivity contribution < 1.29 is 23.7 Å². The zero-order valence-electron chi connectivity index (χ0n) is 17.3. The molecule has 0 aliphatic rings. The molecule has 0 spiro atoms. The van der Waals surface area contributed by atoms with Crippen molar-refractivity contribution in [2.45, 2.75) is 26.9 Å². The van der Waals surface area contributed by atoms with Crippen LogP contribution in [-0.4, -0.2) is 39.4 Å². The maximum absolute atomic E-state index is 12.8. The molecule has 29 heavy (non-hydrogen) atoms. The molecule has 0 fully saturated rings. The van der Waals surface area contributed by atoms with Gasteiger partial charge in [0.15, 0.2) is 11.5 Å². The Balaban J connectivity index is 2.23. The highest BCUT2D eigenvalue weighted by Gasteiger charge is 2.20. The van der Waals surface area contributed by atoms with E-state index < -0.39 is 0 Å². The van der Waals surface area contributed by atoms with E-state index in [-0.39, 0.29) is 18.6 Å². The maximum atomic E-state index is 12.8. The summed E-state index contributed by atoms with van der Waals surface area (Å²) in [6, 6.07) is 10.7. The average Bonchev–Trinajstić information content (AvgIpc) is 2.72. The highest BCUT2D eigenvalue weighted by atomic mass is 35.5. The SMILES string of the molecule is CCOc1cc(C(=O)NCC(OC)c2ccccc2Cl)cc(OCC)c1OCC. The molecule has 1 unspecified atom stereocenters. The Morgan fingerprint density at radius 1 is 1.00 bits per heavy atom. The molecule has 158 valence electrons. The van der Waals surface area contributed by atoms with Gasteiger partial charge in [-0.05, 0) is 39.0 Å². The lowest BCUT2D eigenvalue weighted by Crippen LogP contribution is -2.29. The van der Waals surface area contributed by atoms with Crippen LogP contribution in [0.3, 0.4) is 0 Å². The number of methoxy groups -OCH3 is 1. The largest absolute Gasteiger partial charge is 0.490 e. The molecule has 7 heteroatoms. The van der Waals surface area contributed by atoms with Crippen LogP contribution in [0.5, 0.6) is 17.2 Å². The molecule has 0 aliphatic carbocycles. The van der Waals surface area contributed by atoms with Gasteiger partial charge in [0.25, 0.3) is 5.91 Å². The molecule has 0 saturated carbocycles. The third-order valence-corrected chi connectivity index (χ3v) is 4.50. The van der Waals surface area contributed by atoms with Crippen molar-refractivity contribution in [2.24, 2.45) is 0 Å². The van der Waals surface area contributed by atoms with Crippen LogP contribution in [0.1, 0.15) is 42.8 Å². The summed E-state index contributed by atoms with van der Waals surface area (Å²) < 4.78 is 22.5. The molecular formula is C22H28ClNO5. The number of rotatable bonds is 11. The van der Waals surface area contributed by atoms with Gasteiger partial charge in [0.1, 0.15) is 6.10 Å².